The molecule has 16 heavy (non-hydrogen) atoms. The Hall–Kier alpha value is -1.36. The number of carbonyl (C=O) groups is 1. The average Bonchev–Trinajstić information content (AvgIpc) is 2.72. The Bertz CT molecular complexity index is 332. The van der Waals surface area contributed by atoms with Crippen LogP contribution in [0.1, 0.15) is 23.7 Å². The van der Waals surface area contributed by atoms with Gasteiger partial charge < -0.3 is 10.2 Å². The van der Waals surface area contributed by atoms with E-state index in [9.17, 15) is 4.79 Å². The van der Waals surface area contributed by atoms with Gasteiger partial charge in [0.1, 0.15) is 0 Å². The molecule has 0 atom stereocenters. The highest BCUT2D eigenvalue weighted by Crippen LogP contribution is 1.97. The second-order valence-electron chi connectivity index (χ2n) is 4.00. The standard InChI is InChI=1S/C11H20N4O/c1-4-15-9-10(8-13-15)11(16)12-6-5-7-14(2)3/h8-9H,4-7H2,1-3H3,(H,12,16). The zero-order valence-corrected chi connectivity index (χ0v) is 10.2. The van der Waals surface area contributed by atoms with Gasteiger partial charge >= 0.3 is 0 Å². The molecule has 5 heteroatoms. The zero-order valence-electron chi connectivity index (χ0n) is 10.2. The van der Waals surface area contributed by atoms with Gasteiger partial charge in [-0.25, -0.2) is 0 Å². The Balaban J connectivity index is 2.29. The highest BCUT2D eigenvalue weighted by molar-refractivity contribution is 5.93. The summed E-state index contributed by atoms with van der Waals surface area (Å²) in [5.41, 5.74) is 0.631. The van der Waals surface area contributed by atoms with Gasteiger partial charge in [-0.15, -0.1) is 0 Å². The normalized spacial score (nSPS) is 10.8. The zero-order chi connectivity index (χ0) is 12.0. The van der Waals surface area contributed by atoms with E-state index in [0.29, 0.717) is 12.1 Å². The molecule has 1 N–H and O–H groups in total. The summed E-state index contributed by atoms with van der Waals surface area (Å²) in [5.74, 6) is -0.0431. The quantitative estimate of drug-likeness (QED) is 0.719. The van der Waals surface area contributed by atoms with Gasteiger partial charge in [-0.3, -0.25) is 9.48 Å². The molecular formula is C11H20N4O. The van der Waals surface area contributed by atoms with Gasteiger partial charge in [0.05, 0.1) is 11.8 Å². The van der Waals surface area contributed by atoms with Crippen molar-refractivity contribution in [2.24, 2.45) is 0 Å². The number of nitrogens with zero attached hydrogens (tertiary/aromatic N) is 3. The van der Waals surface area contributed by atoms with Crippen LogP contribution >= 0.6 is 0 Å². The SMILES string of the molecule is CCn1cc(C(=O)NCCCN(C)C)cn1. The molecule has 1 aromatic rings. The molecule has 0 saturated heterocycles. The fraction of sp³-hybridized carbons (Fsp3) is 0.636. The minimum absolute atomic E-state index is 0.0431. The number of aromatic nitrogens is 2. The smallest absolute Gasteiger partial charge is 0.254 e. The summed E-state index contributed by atoms with van der Waals surface area (Å²) in [5, 5.41) is 6.93. The Morgan fingerprint density at radius 3 is 2.88 bits per heavy atom. The van der Waals surface area contributed by atoms with Crippen LogP contribution in [0.25, 0.3) is 0 Å². The van der Waals surface area contributed by atoms with Crippen molar-refractivity contribution >= 4 is 5.91 Å². The van der Waals surface area contributed by atoms with Crippen LogP contribution in [0.4, 0.5) is 0 Å². The third-order valence-electron chi connectivity index (χ3n) is 2.29. The number of rotatable bonds is 6. The van der Waals surface area contributed by atoms with Crippen LogP contribution in [0, 0.1) is 0 Å². The van der Waals surface area contributed by atoms with E-state index in [2.05, 4.69) is 15.3 Å². The topological polar surface area (TPSA) is 50.2 Å². The van der Waals surface area contributed by atoms with Crippen molar-refractivity contribution in [2.75, 3.05) is 27.2 Å². The predicted molar refractivity (Wildman–Crippen MR) is 63.4 cm³/mol. The van der Waals surface area contributed by atoms with Crippen molar-refractivity contribution in [3.8, 4) is 0 Å². The van der Waals surface area contributed by atoms with Gasteiger partial charge in [-0.05, 0) is 34.0 Å². The van der Waals surface area contributed by atoms with Crippen LogP contribution in [0.5, 0.6) is 0 Å². The van der Waals surface area contributed by atoms with Gasteiger partial charge in [0, 0.05) is 19.3 Å². The summed E-state index contributed by atoms with van der Waals surface area (Å²) in [4.78, 5) is 13.7. The van der Waals surface area contributed by atoms with Gasteiger partial charge in [0.25, 0.3) is 5.91 Å². The molecule has 1 heterocycles. The lowest BCUT2D eigenvalue weighted by Gasteiger charge is -2.09. The molecule has 0 aliphatic carbocycles. The van der Waals surface area contributed by atoms with E-state index in [4.69, 9.17) is 0 Å². The van der Waals surface area contributed by atoms with Gasteiger partial charge in [0.15, 0.2) is 0 Å². The molecule has 0 saturated carbocycles. The molecule has 0 aliphatic heterocycles. The molecule has 1 aromatic heterocycles. The van der Waals surface area contributed by atoms with E-state index in [-0.39, 0.29) is 5.91 Å². The first-order valence-corrected chi connectivity index (χ1v) is 5.59. The summed E-state index contributed by atoms with van der Waals surface area (Å²) < 4.78 is 1.74. The number of hydrogen-bond acceptors (Lipinski definition) is 3. The summed E-state index contributed by atoms with van der Waals surface area (Å²) in [7, 11) is 4.04. The lowest BCUT2D eigenvalue weighted by atomic mass is 10.3. The second-order valence-corrected chi connectivity index (χ2v) is 4.00. The minimum atomic E-state index is -0.0431. The Morgan fingerprint density at radius 2 is 2.31 bits per heavy atom. The number of aryl methyl sites for hydroxylation is 1. The van der Waals surface area contributed by atoms with E-state index in [1.165, 1.54) is 0 Å². The van der Waals surface area contributed by atoms with Crippen molar-refractivity contribution in [1.29, 1.82) is 0 Å². The van der Waals surface area contributed by atoms with Crippen LogP contribution in [0.15, 0.2) is 12.4 Å². The molecule has 0 spiro atoms. The Morgan fingerprint density at radius 1 is 1.56 bits per heavy atom. The van der Waals surface area contributed by atoms with E-state index in [1.807, 2.05) is 21.0 Å². The van der Waals surface area contributed by atoms with Crippen molar-refractivity contribution in [2.45, 2.75) is 19.9 Å². The average molecular weight is 224 g/mol. The summed E-state index contributed by atoms with van der Waals surface area (Å²) in [6.45, 7) is 4.46. The van der Waals surface area contributed by atoms with Gasteiger partial charge in [-0.2, -0.15) is 5.10 Å². The maximum atomic E-state index is 11.6. The van der Waals surface area contributed by atoms with Crippen molar-refractivity contribution in [3.63, 3.8) is 0 Å². The molecule has 1 rings (SSSR count). The molecular weight excluding hydrogens is 204 g/mol. The van der Waals surface area contributed by atoms with E-state index in [0.717, 1.165) is 19.5 Å². The number of hydrogen-bond donors (Lipinski definition) is 1. The molecule has 90 valence electrons. The van der Waals surface area contributed by atoms with Crippen LogP contribution in [-0.4, -0.2) is 47.8 Å². The Labute approximate surface area is 96.4 Å². The number of carbonyl (C=O) groups excluding carboxylic acids is 1. The first kappa shape index (κ1) is 12.7. The third kappa shape index (κ3) is 4.02. The molecule has 5 nitrogen and oxygen atoms in total. The number of nitrogens with one attached hydrogen (secondary N) is 1. The van der Waals surface area contributed by atoms with Crippen molar-refractivity contribution in [3.05, 3.63) is 18.0 Å². The molecule has 1 amide bonds. The molecule has 0 unspecified atom stereocenters. The second kappa shape index (κ2) is 6.27. The summed E-state index contributed by atoms with van der Waals surface area (Å²) >= 11 is 0. The lowest BCUT2D eigenvalue weighted by Crippen LogP contribution is -2.26. The number of amides is 1. The van der Waals surface area contributed by atoms with Crippen molar-refractivity contribution in [1.82, 2.24) is 20.0 Å². The minimum Gasteiger partial charge on any atom is -0.352 e. The lowest BCUT2D eigenvalue weighted by molar-refractivity contribution is 0.0952. The maximum Gasteiger partial charge on any atom is 0.254 e. The maximum absolute atomic E-state index is 11.6. The van der Waals surface area contributed by atoms with Gasteiger partial charge in [-0.1, -0.05) is 0 Å². The molecule has 0 bridgehead atoms. The highest BCUT2D eigenvalue weighted by atomic mass is 16.1. The van der Waals surface area contributed by atoms with E-state index >= 15 is 0 Å². The van der Waals surface area contributed by atoms with E-state index < -0.39 is 0 Å². The molecule has 0 aliphatic rings. The monoisotopic (exact) mass is 224 g/mol. The summed E-state index contributed by atoms with van der Waals surface area (Å²) in [6, 6.07) is 0. The first-order chi connectivity index (χ1) is 7.63. The fourth-order valence-corrected chi connectivity index (χ4v) is 1.35. The van der Waals surface area contributed by atoms with Crippen LogP contribution in [0.3, 0.4) is 0 Å². The van der Waals surface area contributed by atoms with Crippen LogP contribution in [-0.2, 0) is 6.54 Å². The van der Waals surface area contributed by atoms with Crippen LogP contribution in [0.2, 0.25) is 0 Å². The van der Waals surface area contributed by atoms with Gasteiger partial charge in [0.2, 0.25) is 0 Å². The molecule has 0 aromatic carbocycles. The third-order valence-corrected chi connectivity index (χ3v) is 2.29. The summed E-state index contributed by atoms with van der Waals surface area (Å²) in [6.07, 6.45) is 4.33. The first-order valence-electron chi connectivity index (χ1n) is 5.59. The largest absolute Gasteiger partial charge is 0.352 e. The molecule has 0 radical (unpaired) electrons. The highest BCUT2D eigenvalue weighted by Gasteiger charge is 2.06. The molecule has 0 fully saturated rings. The predicted octanol–water partition coefficient (Wildman–Crippen LogP) is 0.584. The van der Waals surface area contributed by atoms with Crippen molar-refractivity contribution < 1.29 is 4.79 Å². The fourth-order valence-electron chi connectivity index (χ4n) is 1.35. The van der Waals surface area contributed by atoms with E-state index in [1.54, 1.807) is 17.1 Å². The Kier molecular flexibility index (Phi) is 4.98. The van der Waals surface area contributed by atoms with Crippen LogP contribution < -0.4 is 5.32 Å².